The van der Waals surface area contributed by atoms with Crippen molar-refractivity contribution in [3.63, 3.8) is 0 Å². The molecule has 3 nitrogen and oxygen atoms in total. The van der Waals surface area contributed by atoms with E-state index in [0.717, 1.165) is 25.4 Å². The molecule has 0 saturated carbocycles. The van der Waals surface area contributed by atoms with Crippen LogP contribution in [-0.4, -0.2) is 25.6 Å². The van der Waals surface area contributed by atoms with Crippen LogP contribution < -0.4 is 5.32 Å². The second kappa shape index (κ2) is 6.29. The number of hydrogen-bond acceptors (Lipinski definition) is 3. The summed E-state index contributed by atoms with van der Waals surface area (Å²) >= 11 is 0. The Kier molecular flexibility index (Phi) is 4.23. The molecule has 2 aromatic rings. The van der Waals surface area contributed by atoms with E-state index in [-0.39, 0.29) is 6.04 Å². The number of nitrogens with one attached hydrogen (secondary N) is 1. The van der Waals surface area contributed by atoms with Crippen molar-refractivity contribution in [3.05, 3.63) is 65.2 Å². The Morgan fingerprint density at radius 1 is 1.10 bits per heavy atom. The summed E-state index contributed by atoms with van der Waals surface area (Å²) in [6.07, 6.45) is 0. The highest BCUT2D eigenvalue weighted by Gasteiger charge is 2.19. The summed E-state index contributed by atoms with van der Waals surface area (Å²) in [6, 6.07) is 17.4. The Bertz CT molecular complexity index is 592. The molecule has 110 valence electrons. The smallest absolute Gasteiger partial charge is 0.0751 e. The molecule has 0 spiro atoms. The van der Waals surface area contributed by atoms with Gasteiger partial charge in [-0.15, -0.1) is 0 Å². The highest BCUT2D eigenvalue weighted by atomic mass is 16.5. The van der Waals surface area contributed by atoms with Crippen molar-refractivity contribution in [2.45, 2.75) is 19.2 Å². The van der Waals surface area contributed by atoms with Gasteiger partial charge in [0.15, 0.2) is 0 Å². The summed E-state index contributed by atoms with van der Waals surface area (Å²) in [5.74, 6) is 0. The van der Waals surface area contributed by atoms with Gasteiger partial charge in [0.05, 0.1) is 19.3 Å². The third kappa shape index (κ3) is 3.43. The van der Waals surface area contributed by atoms with E-state index in [1.807, 2.05) is 0 Å². The molecule has 1 aliphatic heterocycles. The van der Waals surface area contributed by atoms with Crippen LogP contribution in [-0.2, 0) is 17.9 Å². The highest BCUT2D eigenvalue weighted by molar-refractivity contribution is 5.48. The van der Waals surface area contributed by atoms with Gasteiger partial charge in [0.2, 0.25) is 0 Å². The minimum atomic E-state index is 0.231. The van der Waals surface area contributed by atoms with Gasteiger partial charge in [0.1, 0.15) is 0 Å². The maximum Gasteiger partial charge on any atom is 0.0751 e. The summed E-state index contributed by atoms with van der Waals surface area (Å²) in [5.41, 5.74) is 5.10. The molecule has 0 saturated heterocycles. The topological polar surface area (TPSA) is 24.5 Å². The van der Waals surface area contributed by atoms with Gasteiger partial charge in [-0.3, -0.25) is 0 Å². The molecule has 3 rings (SSSR count). The van der Waals surface area contributed by atoms with Crippen LogP contribution in [0.3, 0.4) is 0 Å². The van der Waals surface area contributed by atoms with Crippen LogP contribution in [0.2, 0.25) is 0 Å². The van der Waals surface area contributed by atoms with Crippen LogP contribution in [0.5, 0.6) is 0 Å². The van der Waals surface area contributed by atoms with Crippen LogP contribution in [0, 0.1) is 0 Å². The predicted molar refractivity (Wildman–Crippen MR) is 86.3 cm³/mol. The summed E-state index contributed by atoms with van der Waals surface area (Å²) in [4.78, 5) is 2.17. The fourth-order valence-electron chi connectivity index (χ4n) is 2.77. The molecule has 1 N–H and O–H groups in total. The number of anilines is 1. The third-order valence-corrected chi connectivity index (χ3v) is 3.77. The molecule has 1 aliphatic rings. The van der Waals surface area contributed by atoms with Gasteiger partial charge < -0.3 is 15.0 Å². The first-order chi connectivity index (χ1) is 10.2. The van der Waals surface area contributed by atoms with E-state index >= 15 is 0 Å². The maximum atomic E-state index is 5.69. The van der Waals surface area contributed by atoms with Crippen LogP contribution in [0.15, 0.2) is 48.5 Å². The van der Waals surface area contributed by atoms with Crippen molar-refractivity contribution >= 4 is 5.69 Å². The molecule has 0 bridgehead atoms. The Morgan fingerprint density at radius 3 is 2.62 bits per heavy atom. The van der Waals surface area contributed by atoms with E-state index < -0.39 is 0 Å². The summed E-state index contributed by atoms with van der Waals surface area (Å²) in [7, 11) is 4.17. The Morgan fingerprint density at radius 2 is 1.86 bits per heavy atom. The van der Waals surface area contributed by atoms with Gasteiger partial charge in [-0.05, 0) is 42.9 Å². The van der Waals surface area contributed by atoms with Gasteiger partial charge >= 0.3 is 0 Å². The second-order valence-electron chi connectivity index (χ2n) is 5.85. The molecule has 1 heterocycles. The minimum absolute atomic E-state index is 0.231. The van der Waals surface area contributed by atoms with E-state index in [0.29, 0.717) is 0 Å². The van der Waals surface area contributed by atoms with E-state index in [1.54, 1.807) is 0 Å². The van der Waals surface area contributed by atoms with Crippen LogP contribution in [0.4, 0.5) is 5.69 Å². The molecule has 0 aliphatic carbocycles. The van der Waals surface area contributed by atoms with E-state index in [1.165, 1.54) is 16.7 Å². The van der Waals surface area contributed by atoms with E-state index in [4.69, 9.17) is 4.74 Å². The fraction of sp³-hybridized carbons (Fsp3) is 0.333. The SMILES string of the molecule is CN(C)Cc1ccc(NC2COCc3ccccc32)cc1. The lowest BCUT2D eigenvalue weighted by Gasteiger charge is -2.27. The Balaban J connectivity index is 1.73. The quantitative estimate of drug-likeness (QED) is 0.930. The standard InChI is InChI=1S/C18H22N2O/c1-20(2)11-14-7-9-16(10-8-14)19-18-13-21-12-15-5-3-4-6-17(15)18/h3-10,18-19H,11-13H2,1-2H3. The van der Waals surface area contributed by atoms with Crippen LogP contribution in [0.1, 0.15) is 22.7 Å². The van der Waals surface area contributed by atoms with Crippen molar-refractivity contribution in [2.75, 3.05) is 26.0 Å². The highest BCUT2D eigenvalue weighted by Crippen LogP contribution is 2.27. The molecule has 2 aromatic carbocycles. The first-order valence-corrected chi connectivity index (χ1v) is 7.38. The monoisotopic (exact) mass is 282 g/mol. The number of hydrogen-bond donors (Lipinski definition) is 1. The lowest BCUT2D eigenvalue weighted by atomic mass is 9.99. The molecular weight excluding hydrogens is 260 g/mol. The van der Waals surface area contributed by atoms with Gasteiger partial charge in [-0.25, -0.2) is 0 Å². The van der Waals surface area contributed by atoms with E-state index in [2.05, 4.69) is 72.8 Å². The van der Waals surface area contributed by atoms with Crippen LogP contribution in [0.25, 0.3) is 0 Å². The third-order valence-electron chi connectivity index (χ3n) is 3.77. The first-order valence-electron chi connectivity index (χ1n) is 7.38. The van der Waals surface area contributed by atoms with Gasteiger partial charge in [-0.2, -0.15) is 0 Å². The van der Waals surface area contributed by atoms with Crippen molar-refractivity contribution < 1.29 is 4.74 Å². The van der Waals surface area contributed by atoms with Crippen molar-refractivity contribution in [3.8, 4) is 0 Å². The molecular formula is C18H22N2O. The van der Waals surface area contributed by atoms with Gasteiger partial charge in [-0.1, -0.05) is 36.4 Å². The zero-order valence-electron chi connectivity index (χ0n) is 12.7. The normalized spacial score (nSPS) is 17.6. The lowest BCUT2D eigenvalue weighted by Crippen LogP contribution is -2.23. The minimum Gasteiger partial charge on any atom is -0.376 e. The zero-order valence-corrected chi connectivity index (χ0v) is 12.7. The predicted octanol–water partition coefficient (Wildman–Crippen LogP) is 3.43. The summed E-state index contributed by atoms with van der Waals surface area (Å²) < 4.78 is 5.69. The Hall–Kier alpha value is -1.84. The van der Waals surface area contributed by atoms with Crippen molar-refractivity contribution in [1.29, 1.82) is 0 Å². The molecule has 0 amide bonds. The largest absolute Gasteiger partial charge is 0.376 e. The number of fused-ring (bicyclic) bond motifs is 1. The maximum absolute atomic E-state index is 5.69. The molecule has 0 radical (unpaired) electrons. The van der Waals surface area contributed by atoms with Gasteiger partial charge in [0, 0.05) is 12.2 Å². The summed E-state index contributed by atoms with van der Waals surface area (Å²) in [6.45, 7) is 2.41. The number of nitrogens with zero attached hydrogens (tertiary/aromatic N) is 1. The zero-order chi connectivity index (χ0) is 14.7. The number of benzene rings is 2. The van der Waals surface area contributed by atoms with Crippen molar-refractivity contribution in [1.82, 2.24) is 4.90 Å². The molecule has 0 aromatic heterocycles. The van der Waals surface area contributed by atoms with Gasteiger partial charge in [0.25, 0.3) is 0 Å². The van der Waals surface area contributed by atoms with Crippen molar-refractivity contribution in [2.24, 2.45) is 0 Å². The lowest BCUT2D eigenvalue weighted by molar-refractivity contribution is 0.0970. The molecule has 3 heteroatoms. The molecule has 1 unspecified atom stereocenters. The fourth-order valence-corrected chi connectivity index (χ4v) is 2.77. The summed E-state index contributed by atoms with van der Waals surface area (Å²) in [5, 5.41) is 3.58. The average molecular weight is 282 g/mol. The number of rotatable bonds is 4. The van der Waals surface area contributed by atoms with E-state index in [9.17, 15) is 0 Å². The average Bonchev–Trinajstić information content (AvgIpc) is 2.49. The second-order valence-corrected chi connectivity index (χ2v) is 5.85. The molecule has 21 heavy (non-hydrogen) atoms. The number of ether oxygens (including phenoxy) is 1. The first kappa shape index (κ1) is 14.1. The molecule has 0 fully saturated rings. The molecule has 1 atom stereocenters. The Labute approximate surface area is 126 Å². The van der Waals surface area contributed by atoms with Crippen LogP contribution >= 0.6 is 0 Å².